The van der Waals surface area contributed by atoms with Gasteiger partial charge in [-0.2, -0.15) is 0 Å². The van der Waals surface area contributed by atoms with Gasteiger partial charge in [0, 0.05) is 11.8 Å². The van der Waals surface area contributed by atoms with E-state index in [1.165, 1.54) is 0 Å². The number of hydrogen-bond acceptors (Lipinski definition) is 4. The number of aliphatic hydroxyl groups excluding tert-OH is 1. The minimum absolute atomic E-state index is 0.191. The lowest BCUT2D eigenvalue weighted by Gasteiger charge is -2.20. The maximum atomic E-state index is 10.3. The normalized spacial score (nSPS) is 14.3. The molecular formula is C18H18N2O3. The van der Waals surface area contributed by atoms with Gasteiger partial charge in [-0.3, -0.25) is 5.41 Å². The molecule has 0 unspecified atom stereocenters. The molecule has 118 valence electrons. The summed E-state index contributed by atoms with van der Waals surface area (Å²) in [4.78, 5) is 1.74. The highest BCUT2D eigenvalue weighted by Gasteiger charge is 2.29. The van der Waals surface area contributed by atoms with Crippen molar-refractivity contribution in [3.8, 4) is 11.5 Å². The fourth-order valence-corrected chi connectivity index (χ4v) is 2.70. The van der Waals surface area contributed by atoms with Crippen LogP contribution in [0.3, 0.4) is 0 Å². The Labute approximate surface area is 134 Å². The predicted molar refractivity (Wildman–Crippen MR) is 90.6 cm³/mol. The fraction of sp³-hybridized carbons (Fsp3) is 0.167. The zero-order valence-corrected chi connectivity index (χ0v) is 13.0. The average molecular weight is 310 g/mol. The third kappa shape index (κ3) is 2.61. The highest BCUT2D eigenvalue weighted by molar-refractivity contribution is 6.30. The van der Waals surface area contributed by atoms with Crippen molar-refractivity contribution < 1.29 is 14.6 Å². The van der Waals surface area contributed by atoms with Gasteiger partial charge in [0.05, 0.1) is 26.3 Å². The van der Waals surface area contributed by atoms with Crippen LogP contribution in [0.4, 0.5) is 5.69 Å². The minimum Gasteiger partial charge on any atom is -0.510 e. The molecule has 0 aromatic heterocycles. The number of benzene rings is 2. The second-order valence-electron chi connectivity index (χ2n) is 5.16. The number of anilines is 1. The van der Waals surface area contributed by atoms with Crippen molar-refractivity contribution in [1.29, 1.82) is 5.41 Å². The first-order valence-electron chi connectivity index (χ1n) is 7.21. The largest absolute Gasteiger partial charge is 0.510 e. The molecule has 2 aromatic carbocycles. The van der Waals surface area contributed by atoms with Gasteiger partial charge in [0.2, 0.25) is 0 Å². The molecule has 23 heavy (non-hydrogen) atoms. The summed E-state index contributed by atoms with van der Waals surface area (Å²) in [5.41, 5.74) is 2.16. The van der Waals surface area contributed by atoms with Gasteiger partial charge in [-0.05, 0) is 17.7 Å². The van der Waals surface area contributed by atoms with Gasteiger partial charge in [-0.1, -0.05) is 30.3 Å². The molecule has 0 saturated heterocycles. The van der Waals surface area contributed by atoms with Gasteiger partial charge in [-0.15, -0.1) is 0 Å². The molecule has 1 aliphatic heterocycles. The van der Waals surface area contributed by atoms with E-state index < -0.39 is 0 Å². The molecule has 0 aliphatic carbocycles. The third-order valence-corrected chi connectivity index (χ3v) is 3.84. The average Bonchev–Trinajstić information content (AvgIpc) is 2.89. The second kappa shape index (κ2) is 6.04. The van der Waals surface area contributed by atoms with Gasteiger partial charge in [0.15, 0.2) is 11.5 Å². The van der Waals surface area contributed by atoms with Crippen molar-refractivity contribution in [3.05, 3.63) is 59.9 Å². The van der Waals surface area contributed by atoms with Crippen LogP contribution in [0.5, 0.6) is 11.5 Å². The lowest BCUT2D eigenvalue weighted by atomic mass is 10.1. The summed E-state index contributed by atoms with van der Waals surface area (Å²) in [6.45, 7) is 0.262. The summed E-state index contributed by atoms with van der Waals surface area (Å²) >= 11 is 0. The minimum atomic E-state index is 0.191. The number of hydrogen-bond donors (Lipinski definition) is 2. The van der Waals surface area contributed by atoms with E-state index in [2.05, 4.69) is 0 Å². The summed E-state index contributed by atoms with van der Waals surface area (Å²) in [6.07, 6.45) is 0. The maximum Gasteiger partial charge on any atom is 0.162 e. The standard InChI is InChI=1S/C18H18N2O3/c1-22-15-9-8-13(10-16(15)23-2)20-11-14(21)17(18(20)19)12-6-4-3-5-7-12/h3-10,19,21H,11H2,1-2H3. The number of amidine groups is 1. The van der Waals surface area contributed by atoms with E-state index in [1.54, 1.807) is 31.3 Å². The first-order chi connectivity index (χ1) is 11.2. The highest BCUT2D eigenvalue weighted by atomic mass is 16.5. The number of ether oxygens (including phenoxy) is 2. The van der Waals surface area contributed by atoms with Crippen LogP contribution in [0, 0.1) is 5.41 Å². The Morgan fingerprint density at radius 1 is 1.00 bits per heavy atom. The number of methoxy groups -OCH3 is 2. The van der Waals surface area contributed by atoms with Crippen LogP contribution in [0.15, 0.2) is 54.3 Å². The Morgan fingerprint density at radius 3 is 2.35 bits per heavy atom. The Morgan fingerprint density at radius 2 is 1.70 bits per heavy atom. The number of rotatable bonds is 4. The summed E-state index contributed by atoms with van der Waals surface area (Å²) in [5.74, 6) is 1.67. The summed E-state index contributed by atoms with van der Waals surface area (Å²) < 4.78 is 10.5. The number of nitrogens with zero attached hydrogens (tertiary/aromatic N) is 1. The van der Waals surface area contributed by atoms with Crippen molar-refractivity contribution in [2.45, 2.75) is 0 Å². The van der Waals surface area contributed by atoms with Crippen molar-refractivity contribution in [2.75, 3.05) is 25.7 Å². The summed E-state index contributed by atoms with van der Waals surface area (Å²) in [6, 6.07) is 14.9. The first-order valence-corrected chi connectivity index (χ1v) is 7.21. The van der Waals surface area contributed by atoms with E-state index in [0.29, 0.717) is 17.1 Å². The Bertz CT molecular complexity index is 769. The monoisotopic (exact) mass is 310 g/mol. The van der Waals surface area contributed by atoms with Crippen LogP contribution < -0.4 is 14.4 Å². The van der Waals surface area contributed by atoms with Crippen molar-refractivity contribution in [1.82, 2.24) is 0 Å². The Hall–Kier alpha value is -2.95. The predicted octanol–water partition coefficient (Wildman–Crippen LogP) is 3.47. The molecule has 1 aliphatic rings. The molecule has 2 N–H and O–H groups in total. The highest BCUT2D eigenvalue weighted by Crippen LogP contribution is 2.36. The van der Waals surface area contributed by atoms with Crippen LogP contribution >= 0.6 is 0 Å². The Balaban J connectivity index is 1.94. The molecule has 0 radical (unpaired) electrons. The zero-order valence-electron chi connectivity index (χ0n) is 13.0. The number of aliphatic hydroxyl groups is 1. The van der Waals surface area contributed by atoms with E-state index in [-0.39, 0.29) is 18.1 Å². The van der Waals surface area contributed by atoms with Gasteiger partial charge >= 0.3 is 0 Å². The SMILES string of the molecule is COc1ccc(N2CC(O)=C(c3ccccc3)C2=N)cc1OC. The second-order valence-corrected chi connectivity index (χ2v) is 5.16. The molecule has 0 bridgehead atoms. The third-order valence-electron chi connectivity index (χ3n) is 3.84. The molecule has 5 nitrogen and oxygen atoms in total. The fourth-order valence-electron chi connectivity index (χ4n) is 2.70. The quantitative estimate of drug-likeness (QED) is 0.907. The van der Waals surface area contributed by atoms with Crippen molar-refractivity contribution >= 4 is 17.1 Å². The molecule has 2 aromatic rings. The molecule has 0 saturated carbocycles. The van der Waals surface area contributed by atoms with E-state index in [1.807, 2.05) is 36.4 Å². The lowest BCUT2D eigenvalue weighted by molar-refractivity contribution is 0.355. The van der Waals surface area contributed by atoms with Crippen LogP contribution in [0.2, 0.25) is 0 Å². The zero-order chi connectivity index (χ0) is 16.4. The van der Waals surface area contributed by atoms with Crippen molar-refractivity contribution in [3.63, 3.8) is 0 Å². The molecule has 0 spiro atoms. The Kier molecular flexibility index (Phi) is 3.93. The summed E-state index contributed by atoms with van der Waals surface area (Å²) in [7, 11) is 3.15. The van der Waals surface area contributed by atoms with E-state index >= 15 is 0 Å². The molecule has 3 rings (SSSR count). The lowest BCUT2D eigenvalue weighted by Crippen LogP contribution is -2.26. The van der Waals surface area contributed by atoms with Gasteiger partial charge in [0.25, 0.3) is 0 Å². The van der Waals surface area contributed by atoms with Crippen LogP contribution in [0.25, 0.3) is 5.57 Å². The molecule has 1 heterocycles. The molecule has 5 heteroatoms. The molecule has 0 fully saturated rings. The molecular weight excluding hydrogens is 292 g/mol. The smallest absolute Gasteiger partial charge is 0.162 e. The number of nitrogens with one attached hydrogen (secondary N) is 1. The maximum absolute atomic E-state index is 10.3. The molecule has 0 atom stereocenters. The topological polar surface area (TPSA) is 65.8 Å². The van der Waals surface area contributed by atoms with Crippen LogP contribution in [0.1, 0.15) is 5.56 Å². The van der Waals surface area contributed by atoms with Gasteiger partial charge in [0.1, 0.15) is 11.6 Å². The van der Waals surface area contributed by atoms with Crippen LogP contribution in [-0.2, 0) is 0 Å². The van der Waals surface area contributed by atoms with Crippen LogP contribution in [-0.4, -0.2) is 31.7 Å². The first kappa shape index (κ1) is 15.0. The van der Waals surface area contributed by atoms with E-state index in [9.17, 15) is 5.11 Å². The summed E-state index contributed by atoms with van der Waals surface area (Å²) in [5, 5.41) is 18.7. The van der Waals surface area contributed by atoms with Gasteiger partial charge < -0.3 is 19.5 Å². The molecule has 0 amide bonds. The van der Waals surface area contributed by atoms with Gasteiger partial charge in [-0.25, -0.2) is 0 Å². The van der Waals surface area contributed by atoms with Crippen molar-refractivity contribution in [2.24, 2.45) is 0 Å². The van der Waals surface area contributed by atoms with E-state index in [4.69, 9.17) is 14.9 Å². The van der Waals surface area contributed by atoms with E-state index in [0.717, 1.165) is 11.3 Å².